The van der Waals surface area contributed by atoms with Gasteiger partial charge >= 0.3 is 5.97 Å². The fourth-order valence-electron chi connectivity index (χ4n) is 1.93. The van der Waals surface area contributed by atoms with Crippen molar-refractivity contribution in [3.8, 4) is 0 Å². The number of aryl methyl sites for hydroxylation is 1. The van der Waals surface area contributed by atoms with Crippen LogP contribution in [-0.2, 0) is 0 Å². The van der Waals surface area contributed by atoms with Gasteiger partial charge < -0.3 is 10.4 Å². The van der Waals surface area contributed by atoms with Gasteiger partial charge in [-0.05, 0) is 31.2 Å². The third-order valence-electron chi connectivity index (χ3n) is 2.85. The molecule has 0 fully saturated rings. The Kier molecular flexibility index (Phi) is 3.08. The molecule has 1 aromatic carbocycles. The summed E-state index contributed by atoms with van der Waals surface area (Å²) < 4.78 is 0. The molecule has 0 saturated carbocycles. The molecule has 2 aromatic heterocycles. The van der Waals surface area contributed by atoms with Crippen molar-refractivity contribution in [3.05, 3.63) is 47.1 Å². The number of aromatic carboxylic acids is 1. The fourth-order valence-corrected chi connectivity index (χ4v) is 2.75. The van der Waals surface area contributed by atoms with Gasteiger partial charge in [-0.3, -0.25) is 4.98 Å². The second kappa shape index (κ2) is 4.90. The highest BCUT2D eigenvalue weighted by Gasteiger charge is 2.14. The van der Waals surface area contributed by atoms with Gasteiger partial charge in [0.2, 0.25) is 0 Å². The van der Waals surface area contributed by atoms with Gasteiger partial charge in [0.1, 0.15) is 0 Å². The van der Waals surface area contributed by atoms with Gasteiger partial charge in [-0.15, -0.1) is 11.3 Å². The van der Waals surface area contributed by atoms with Crippen molar-refractivity contribution in [3.63, 3.8) is 0 Å². The SMILES string of the molecule is Cc1sc(Nc2ccc3ncccc3c2)nc1C(=O)O. The third-order valence-corrected chi connectivity index (χ3v) is 3.74. The summed E-state index contributed by atoms with van der Waals surface area (Å²) in [6.45, 7) is 1.75. The number of anilines is 2. The van der Waals surface area contributed by atoms with Crippen LogP contribution < -0.4 is 5.32 Å². The van der Waals surface area contributed by atoms with Crippen molar-refractivity contribution >= 4 is 39.0 Å². The predicted molar refractivity (Wildman–Crippen MR) is 78.8 cm³/mol. The number of hydrogen-bond acceptors (Lipinski definition) is 5. The molecule has 2 heterocycles. The normalized spacial score (nSPS) is 10.7. The van der Waals surface area contributed by atoms with Gasteiger partial charge in [0.15, 0.2) is 10.8 Å². The second-order valence-electron chi connectivity index (χ2n) is 4.26. The average molecular weight is 285 g/mol. The number of nitrogens with zero attached hydrogens (tertiary/aromatic N) is 2. The Bertz CT molecular complexity index is 798. The molecule has 100 valence electrons. The quantitative estimate of drug-likeness (QED) is 0.771. The summed E-state index contributed by atoms with van der Waals surface area (Å²) in [5.74, 6) is -1.01. The highest BCUT2D eigenvalue weighted by atomic mass is 32.1. The molecule has 0 bridgehead atoms. The maximum absolute atomic E-state index is 11.0. The minimum absolute atomic E-state index is 0.0972. The lowest BCUT2D eigenvalue weighted by Gasteiger charge is -2.03. The first-order chi connectivity index (χ1) is 9.63. The van der Waals surface area contributed by atoms with Crippen LogP contribution in [0.15, 0.2) is 36.5 Å². The first kappa shape index (κ1) is 12.6. The van der Waals surface area contributed by atoms with E-state index in [1.165, 1.54) is 11.3 Å². The number of rotatable bonds is 3. The van der Waals surface area contributed by atoms with Crippen molar-refractivity contribution in [2.45, 2.75) is 6.92 Å². The molecule has 5 nitrogen and oxygen atoms in total. The molecule has 0 spiro atoms. The van der Waals surface area contributed by atoms with Crippen molar-refractivity contribution in [1.29, 1.82) is 0 Å². The van der Waals surface area contributed by atoms with E-state index in [0.29, 0.717) is 10.0 Å². The molecular weight excluding hydrogens is 274 g/mol. The minimum Gasteiger partial charge on any atom is -0.476 e. The Balaban J connectivity index is 1.92. The fraction of sp³-hybridized carbons (Fsp3) is 0.0714. The molecule has 0 saturated heterocycles. The van der Waals surface area contributed by atoms with E-state index in [1.807, 2.05) is 30.3 Å². The third kappa shape index (κ3) is 2.33. The largest absolute Gasteiger partial charge is 0.476 e. The molecule has 20 heavy (non-hydrogen) atoms. The standard InChI is InChI=1S/C14H11N3O2S/c1-8-12(13(18)19)17-14(20-8)16-10-4-5-11-9(7-10)3-2-6-15-11/h2-7H,1H3,(H,16,17)(H,18,19). The van der Waals surface area contributed by atoms with E-state index < -0.39 is 5.97 Å². The molecule has 0 aliphatic carbocycles. The summed E-state index contributed by atoms with van der Waals surface area (Å²) in [4.78, 5) is 20.0. The number of pyridine rings is 1. The van der Waals surface area contributed by atoms with E-state index in [0.717, 1.165) is 16.6 Å². The average Bonchev–Trinajstić information content (AvgIpc) is 2.79. The first-order valence-corrected chi connectivity index (χ1v) is 6.77. The summed E-state index contributed by atoms with van der Waals surface area (Å²) in [5, 5.41) is 13.7. The molecule has 0 atom stereocenters. The van der Waals surface area contributed by atoms with Crippen molar-refractivity contribution < 1.29 is 9.90 Å². The van der Waals surface area contributed by atoms with Crippen LogP contribution >= 0.6 is 11.3 Å². The van der Waals surface area contributed by atoms with Crippen molar-refractivity contribution in [1.82, 2.24) is 9.97 Å². The molecule has 6 heteroatoms. The molecule has 0 radical (unpaired) electrons. The van der Waals surface area contributed by atoms with Gasteiger partial charge in [0, 0.05) is 22.1 Å². The van der Waals surface area contributed by atoms with Crippen LogP contribution in [-0.4, -0.2) is 21.0 Å². The van der Waals surface area contributed by atoms with Crippen LogP contribution in [0.25, 0.3) is 10.9 Å². The van der Waals surface area contributed by atoms with Gasteiger partial charge in [0.25, 0.3) is 0 Å². The second-order valence-corrected chi connectivity index (χ2v) is 5.47. The van der Waals surface area contributed by atoms with Crippen LogP contribution in [0.2, 0.25) is 0 Å². The summed E-state index contributed by atoms with van der Waals surface area (Å²) in [6, 6.07) is 9.62. The van der Waals surface area contributed by atoms with Gasteiger partial charge in [-0.1, -0.05) is 6.07 Å². The maximum atomic E-state index is 11.0. The smallest absolute Gasteiger partial charge is 0.355 e. The van der Waals surface area contributed by atoms with Crippen LogP contribution in [0.5, 0.6) is 0 Å². The number of hydrogen-bond donors (Lipinski definition) is 2. The van der Waals surface area contributed by atoms with E-state index in [1.54, 1.807) is 13.1 Å². The summed E-state index contributed by atoms with van der Waals surface area (Å²) in [6.07, 6.45) is 1.75. The molecule has 3 rings (SSSR count). The van der Waals surface area contributed by atoms with Crippen molar-refractivity contribution in [2.75, 3.05) is 5.32 Å². The Morgan fingerprint density at radius 3 is 2.95 bits per heavy atom. The Labute approximate surface area is 118 Å². The number of thiazole rings is 1. The van der Waals surface area contributed by atoms with Gasteiger partial charge in [0.05, 0.1) is 5.52 Å². The molecule has 0 amide bonds. The predicted octanol–water partition coefficient (Wildman–Crippen LogP) is 3.44. The van der Waals surface area contributed by atoms with E-state index in [2.05, 4.69) is 15.3 Å². The maximum Gasteiger partial charge on any atom is 0.355 e. The number of benzene rings is 1. The number of carboxylic acid groups (broad SMARTS) is 1. The Morgan fingerprint density at radius 1 is 1.35 bits per heavy atom. The summed E-state index contributed by atoms with van der Waals surface area (Å²) >= 11 is 1.32. The zero-order chi connectivity index (χ0) is 14.1. The minimum atomic E-state index is -1.01. The molecule has 0 aliphatic rings. The van der Waals surface area contributed by atoms with Gasteiger partial charge in [-0.2, -0.15) is 0 Å². The van der Waals surface area contributed by atoms with Crippen LogP contribution in [0.4, 0.5) is 10.8 Å². The molecule has 2 N–H and O–H groups in total. The van der Waals surface area contributed by atoms with Crippen LogP contribution in [0.3, 0.4) is 0 Å². The monoisotopic (exact) mass is 285 g/mol. The number of carbonyl (C=O) groups is 1. The van der Waals surface area contributed by atoms with E-state index >= 15 is 0 Å². The highest BCUT2D eigenvalue weighted by molar-refractivity contribution is 7.15. The lowest BCUT2D eigenvalue weighted by molar-refractivity contribution is 0.0690. The topological polar surface area (TPSA) is 75.1 Å². The van der Waals surface area contributed by atoms with Crippen molar-refractivity contribution in [2.24, 2.45) is 0 Å². The number of aromatic nitrogens is 2. The van der Waals surface area contributed by atoms with E-state index in [9.17, 15) is 4.79 Å². The first-order valence-electron chi connectivity index (χ1n) is 5.96. The highest BCUT2D eigenvalue weighted by Crippen LogP contribution is 2.26. The van der Waals surface area contributed by atoms with Crippen LogP contribution in [0.1, 0.15) is 15.4 Å². The lowest BCUT2D eigenvalue weighted by atomic mass is 10.2. The number of nitrogens with one attached hydrogen (secondary N) is 1. The van der Waals surface area contributed by atoms with E-state index in [-0.39, 0.29) is 5.69 Å². The summed E-state index contributed by atoms with van der Waals surface area (Å²) in [7, 11) is 0. The lowest BCUT2D eigenvalue weighted by Crippen LogP contribution is -1.99. The zero-order valence-electron chi connectivity index (χ0n) is 10.6. The van der Waals surface area contributed by atoms with Gasteiger partial charge in [-0.25, -0.2) is 9.78 Å². The van der Waals surface area contributed by atoms with E-state index in [4.69, 9.17) is 5.11 Å². The molecule has 0 aliphatic heterocycles. The zero-order valence-corrected chi connectivity index (χ0v) is 11.4. The number of carboxylic acids is 1. The van der Waals surface area contributed by atoms with Crippen LogP contribution in [0, 0.1) is 6.92 Å². The number of fused-ring (bicyclic) bond motifs is 1. The molecular formula is C14H11N3O2S. The summed E-state index contributed by atoms with van der Waals surface area (Å²) in [5.41, 5.74) is 1.87. The molecule has 0 unspecified atom stereocenters. The Hall–Kier alpha value is -2.47. The Morgan fingerprint density at radius 2 is 2.20 bits per heavy atom. The molecule has 3 aromatic rings.